The second-order valence-corrected chi connectivity index (χ2v) is 4.50. The Morgan fingerprint density at radius 1 is 1.00 bits per heavy atom. The minimum absolute atomic E-state index is 0.189. The summed E-state index contributed by atoms with van der Waals surface area (Å²) in [6.07, 6.45) is 1.55. The van der Waals surface area contributed by atoms with Gasteiger partial charge in [0.25, 0.3) is 5.56 Å². The molecule has 0 spiro atoms. The summed E-state index contributed by atoms with van der Waals surface area (Å²) in [6, 6.07) is 9.49. The Kier molecular flexibility index (Phi) is 2.71. The molecule has 100 valence electrons. The van der Waals surface area contributed by atoms with Crippen LogP contribution in [0.3, 0.4) is 0 Å². The van der Waals surface area contributed by atoms with Gasteiger partial charge in [0.05, 0.1) is 11.9 Å². The molecule has 0 radical (unpaired) electrons. The van der Waals surface area contributed by atoms with Crippen molar-refractivity contribution in [2.45, 2.75) is 0 Å². The van der Waals surface area contributed by atoms with Gasteiger partial charge in [0.15, 0.2) is 11.2 Å². The molecule has 20 heavy (non-hydrogen) atoms. The first-order valence-electron chi connectivity index (χ1n) is 6.08. The van der Waals surface area contributed by atoms with Crippen LogP contribution in [0.5, 0.6) is 0 Å². The normalized spacial score (nSPS) is 10.9. The van der Waals surface area contributed by atoms with Crippen molar-refractivity contribution in [3.8, 4) is 11.3 Å². The summed E-state index contributed by atoms with van der Waals surface area (Å²) in [6.45, 7) is 0. The summed E-state index contributed by atoms with van der Waals surface area (Å²) in [5, 5.41) is 0. The minimum atomic E-state index is -0.435. The van der Waals surface area contributed by atoms with Crippen molar-refractivity contribution >= 4 is 11.2 Å². The highest BCUT2D eigenvalue weighted by molar-refractivity contribution is 5.72. The van der Waals surface area contributed by atoms with E-state index < -0.39 is 11.2 Å². The Balaban J connectivity index is 2.38. The van der Waals surface area contributed by atoms with E-state index in [4.69, 9.17) is 0 Å². The highest BCUT2D eigenvalue weighted by atomic mass is 16.2. The predicted octanol–water partition coefficient (Wildman–Crippen LogP) is 0.694. The number of aryl methyl sites for hydroxylation is 1. The van der Waals surface area contributed by atoms with E-state index in [0.717, 1.165) is 10.1 Å². The van der Waals surface area contributed by atoms with Crippen LogP contribution in [0.25, 0.3) is 22.4 Å². The minimum Gasteiger partial charge on any atom is -0.279 e. The summed E-state index contributed by atoms with van der Waals surface area (Å²) in [4.78, 5) is 32.5. The molecule has 0 unspecified atom stereocenters. The second-order valence-electron chi connectivity index (χ2n) is 4.50. The van der Waals surface area contributed by atoms with Gasteiger partial charge in [-0.1, -0.05) is 30.3 Å². The van der Waals surface area contributed by atoms with Crippen molar-refractivity contribution in [1.29, 1.82) is 0 Å². The molecule has 0 atom stereocenters. The van der Waals surface area contributed by atoms with Crippen LogP contribution in [-0.2, 0) is 14.1 Å². The summed E-state index contributed by atoms with van der Waals surface area (Å²) in [7, 11) is 3.00. The predicted molar refractivity (Wildman–Crippen MR) is 75.5 cm³/mol. The molecule has 0 N–H and O–H groups in total. The fraction of sp³-hybridized carbons (Fsp3) is 0.143. The van der Waals surface area contributed by atoms with E-state index in [1.165, 1.54) is 11.6 Å². The molecule has 0 aliphatic heterocycles. The van der Waals surface area contributed by atoms with Gasteiger partial charge in [0.2, 0.25) is 0 Å². The fourth-order valence-corrected chi connectivity index (χ4v) is 2.07. The van der Waals surface area contributed by atoms with Crippen LogP contribution >= 0.6 is 0 Å². The molecule has 3 rings (SSSR count). The van der Waals surface area contributed by atoms with Crippen molar-refractivity contribution in [1.82, 2.24) is 19.1 Å². The molecular formula is C14H12N4O2. The fourth-order valence-electron chi connectivity index (χ4n) is 2.07. The zero-order valence-electron chi connectivity index (χ0n) is 11.1. The van der Waals surface area contributed by atoms with Gasteiger partial charge in [-0.05, 0) is 0 Å². The molecular weight excluding hydrogens is 256 g/mol. The summed E-state index contributed by atoms with van der Waals surface area (Å²) in [5.74, 6) is 0. The number of aromatic nitrogens is 4. The van der Waals surface area contributed by atoms with Gasteiger partial charge >= 0.3 is 5.69 Å². The Morgan fingerprint density at radius 3 is 2.40 bits per heavy atom. The SMILES string of the molecule is Cn1c(=O)c2ncc(-c3ccccc3)nc2n(C)c1=O. The topological polar surface area (TPSA) is 69.8 Å². The second kappa shape index (κ2) is 4.41. The maximum Gasteiger partial charge on any atom is 0.332 e. The van der Waals surface area contributed by atoms with Crippen LogP contribution in [-0.4, -0.2) is 19.1 Å². The lowest BCUT2D eigenvalue weighted by molar-refractivity contribution is 0.704. The molecule has 3 aromatic rings. The van der Waals surface area contributed by atoms with E-state index in [1.807, 2.05) is 30.3 Å². The van der Waals surface area contributed by atoms with Gasteiger partial charge in [-0.25, -0.2) is 14.8 Å². The molecule has 0 bridgehead atoms. The van der Waals surface area contributed by atoms with Crippen LogP contribution in [0.4, 0.5) is 0 Å². The van der Waals surface area contributed by atoms with Crippen LogP contribution in [0.15, 0.2) is 46.1 Å². The third-order valence-electron chi connectivity index (χ3n) is 3.22. The first kappa shape index (κ1) is 12.3. The molecule has 0 saturated carbocycles. The summed E-state index contributed by atoms with van der Waals surface area (Å²) in [5.41, 5.74) is 1.14. The largest absolute Gasteiger partial charge is 0.332 e. The molecule has 2 heterocycles. The van der Waals surface area contributed by atoms with Gasteiger partial charge in [0.1, 0.15) is 0 Å². The lowest BCUT2D eigenvalue weighted by Crippen LogP contribution is -2.37. The molecule has 0 saturated heterocycles. The Hall–Kier alpha value is -2.76. The molecule has 6 nitrogen and oxygen atoms in total. The Labute approximate surface area is 114 Å². The maximum absolute atomic E-state index is 12.0. The number of nitrogens with zero attached hydrogens (tertiary/aromatic N) is 4. The lowest BCUT2D eigenvalue weighted by Gasteiger charge is -2.07. The van der Waals surface area contributed by atoms with Crippen LogP contribution in [0, 0.1) is 0 Å². The Bertz CT molecular complexity index is 910. The molecule has 0 aliphatic rings. The quantitative estimate of drug-likeness (QED) is 0.651. The number of fused-ring (bicyclic) bond motifs is 1. The first-order valence-corrected chi connectivity index (χ1v) is 6.08. The Morgan fingerprint density at radius 2 is 1.70 bits per heavy atom. The highest BCUT2D eigenvalue weighted by Gasteiger charge is 2.12. The van der Waals surface area contributed by atoms with Gasteiger partial charge in [0, 0.05) is 19.7 Å². The molecule has 6 heteroatoms. The number of hydrogen-bond donors (Lipinski definition) is 0. The standard InChI is InChI=1S/C14H12N4O2/c1-17-12-11(13(19)18(2)14(17)20)15-8-10(16-12)9-6-4-3-5-7-9/h3-8H,1-2H3. The molecule has 1 aromatic carbocycles. The maximum atomic E-state index is 12.0. The van der Waals surface area contributed by atoms with E-state index in [-0.39, 0.29) is 5.52 Å². The monoisotopic (exact) mass is 268 g/mol. The van der Waals surface area contributed by atoms with Crippen LogP contribution in [0.2, 0.25) is 0 Å². The highest BCUT2D eigenvalue weighted by Crippen LogP contribution is 2.16. The van der Waals surface area contributed by atoms with Crippen LogP contribution in [0.1, 0.15) is 0 Å². The average Bonchev–Trinajstić information content (AvgIpc) is 2.51. The lowest BCUT2D eigenvalue weighted by atomic mass is 10.2. The summed E-state index contributed by atoms with van der Waals surface area (Å²) >= 11 is 0. The van der Waals surface area contributed by atoms with Crippen molar-refractivity contribution in [2.75, 3.05) is 0 Å². The van der Waals surface area contributed by atoms with Crippen LogP contribution < -0.4 is 11.2 Å². The van der Waals surface area contributed by atoms with E-state index in [0.29, 0.717) is 11.3 Å². The van der Waals surface area contributed by atoms with Crippen molar-refractivity contribution in [2.24, 2.45) is 14.1 Å². The number of rotatable bonds is 1. The third-order valence-corrected chi connectivity index (χ3v) is 3.22. The van der Waals surface area contributed by atoms with E-state index >= 15 is 0 Å². The smallest absolute Gasteiger partial charge is 0.279 e. The van der Waals surface area contributed by atoms with Crippen molar-refractivity contribution < 1.29 is 0 Å². The average molecular weight is 268 g/mol. The summed E-state index contributed by atoms with van der Waals surface area (Å²) < 4.78 is 2.36. The van der Waals surface area contributed by atoms with E-state index in [9.17, 15) is 9.59 Å². The molecule has 2 aromatic heterocycles. The molecule has 0 fully saturated rings. The van der Waals surface area contributed by atoms with Gasteiger partial charge in [-0.3, -0.25) is 13.9 Å². The molecule has 0 aliphatic carbocycles. The van der Waals surface area contributed by atoms with E-state index in [1.54, 1.807) is 13.2 Å². The van der Waals surface area contributed by atoms with Crippen molar-refractivity contribution in [3.05, 3.63) is 57.4 Å². The first-order chi connectivity index (χ1) is 9.59. The van der Waals surface area contributed by atoms with Crippen molar-refractivity contribution in [3.63, 3.8) is 0 Å². The number of hydrogen-bond acceptors (Lipinski definition) is 4. The molecule has 0 amide bonds. The zero-order valence-corrected chi connectivity index (χ0v) is 11.1. The zero-order chi connectivity index (χ0) is 14.3. The third kappa shape index (κ3) is 1.73. The van der Waals surface area contributed by atoms with E-state index in [2.05, 4.69) is 9.97 Å². The number of benzene rings is 1. The van der Waals surface area contributed by atoms with Gasteiger partial charge in [-0.15, -0.1) is 0 Å². The van der Waals surface area contributed by atoms with Gasteiger partial charge in [-0.2, -0.15) is 0 Å². The van der Waals surface area contributed by atoms with Gasteiger partial charge < -0.3 is 0 Å².